The number of amides is 1. The lowest BCUT2D eigenvalue weighted by Crippen LogP contribution is -2.60. The Kier molecular flexibility index (Phi) is 10.8. The fourth-order valence-electron chi connectivity index (χ4n) is 4.58. The van der Waals surface area contributed by atoms with Gasteiger partial charge in [0.15, 0.2) is 9.84 Å². The number of alkyl halides is 3. The van der Waals surface area contributed by atoms with Crippen molar-refractivity contribution in [2.24, 2.45) is 0 Å². The zero-order valence-electron chi connectivity index (χ0n) is 23.4. The third kappa shape index (κ3) is 8.30. The molecule has 0 bridgehead atoms. The molecular formula is C23H18B9F3N2O5S2. The number of sulfonamides is 1. The molecule has 0 saturated carbocycles. The Morgan fingerprint density at radius 2 is 1.25 bits per heavy atom. The smallest absolute Gasteiger partial charge is 0.326 e. The highest BCUT2D eigenvalue weighted by Gasteiger charge is 2.54. The van der Waals surface area contributed by atoms with Gasteiger partial charge in [-0.05, 0) is 42.3 Å². The first-order valence-corrected chi connectivity index (χ1v) is 15.6. The number of halogens is 3. The van der Waals surface area contributed by atoms with Gasteiger partial charge in [-0.3, -0.25) is 9.52 Å². The summed E-state index contributed by atoms with van der Waals surface area (Å²) in [7, 11) is 44.7. The van der Waals surface area contributed by atoms with E-state index >= 15 is 0 Å². The summed E-state index contributed by atoms with van der Waals surface area (Å²) in [6, 6.07) is 6.94. The molecule has 2 N–H and O–H groups in total. The van der Waals surface area contributed by atoms with Gasteiger partial charge in [-0.2, -0.15) is 13.2 Å². The number of hydrogen-bond acceptors (Lipinski definition) is 5. The predicted octanol–water partition coefficient (Wildman–Crippen LogP) is 0.452. The molecule has 0 aliphatic carbocycles. The second-order valence-electron chi connectivity index (χ2n) is 10.3. The largest absolute Gasteiger partial charge is 0.389 e. The van der Waals surface area contributed by atoms with Crippen LogP contribution in [0.25, 0.3) is 0 Å². The number of nitrogens with one attached hydrogen (secondary N) is 2. The third-order valence-electron chi connectivity index (χ3n) is 6.45. The van der Waals surface area contributed by atoms with Gasteiger partial charge < -0.3 is 5.32 Å². The Morgan fingerprint density at radius 3 is 1.66 bits per heavy atom. The molecule has 44 heavy (non-hydrogen) atoms. The molecule has 0 atom stereocenters. The number of anilines is 1. The molecule has 0 unspecified atom stereocenters. The third-order valence-corrected chi connectivity index (χ3v) is 8.95. The molecule has 0 heterocycles. The highest BCUT2D eigenvalue weighted by molar-refractivity contribution is 7.92. The van der Waals surface area contributed by atoms with Gasteiger partial charge in [0.25, 0.3) is 15.9 Å². The highest BCUT2D eigenvalue weighted by Crippen LogP contribution is 2.62. The van der Waals surface area contributed by atoms with Crippen LogP contribution in [0.15, 0.2) is 64.5 Å². The molecule has 7 nitrogen and oxygen atoms in total. The van der Waals surface area contributed by atoms with E-state index in [2.05, 4.69) is 16.6 Å². The Hall–Kier alpha value is -2.28. The van der Waals surface area contributed by atoms with Crippen LogP contribution in [0.1, 0.15) is 28.8 Å². The van der Waals surface area contributed by atoms with Crippen molar-refractivity contribution in [3.8, 4) is 0 Å². The van der Waals surface area contributed by atoms with Crippen LogP contribution < -0.4 is 10.0 Å². The average Bonchev–Trinajstić information content (AvgIpc) is 2.79. The lowest BCUT2D eigenvalue weighted by Gasteiger charge is -2.65. The number of benzene rings is 2. The van der Waals surface area contributed by atoms with Gasteiger partial charge >= 0.3 is 6.18 Å². The van der Waals surface area contributed by atoms with E-state index in [1.54, 1.807) is 0 Å². The van der Waals surface area contributed by atoms with Crippen LogP contribution in [0.5, 0.6) is 0 Å². The van der Waals surface area contributed by atoms with Crippen LogP contribution in [0.2, 0.25) is 15.3 Å². The number of carbonyl (C=O) groups excluding carboxylic acids is 1. The predicted molar refractivity (Wildman–Crippen MR) is 170 cm³/mol. The number of allylic oxidation sites excluding steroid dienone is 1. The van der Waals surface area contributed by atoms with Crippen molar-refractivity contribution in [3.63, 3.8) is 0 Å². The van der Waals surface area contributed by atoms with Gasteiger partial charge in [0.1, 0.15) is 0 Å². The zero-order valence-corrected chi connectivity index (χ0v) is 25.0. The summed E-state index contributed by atoms with van der Waals surface area (Å²) >= 11 is 0. The van der Waals surface area contributed by atoms with Gasteiger partial charge in [-0.15, -0.1) is 15.3 Å². The van der Waals surface area contributed by atoms with E-state index in [4.69, 9.17) is 70.6 Å². The van der Waals surface area contributed by atoms with Crippen LogP contribution in [0, 0.1) is 0 Å². The van der Waals surface area contributed by atoms with Crippen molar-refractivity contribution >= 4 is 102 Å². The summed E-state index contributed by atoms with van der Waals surface area (Å²) in [6.45, 7) is 3.36. The Labute approximate surface area is 267 Å². The van der Waals surface area contributed by atoms with Gasteiger partial charge in [-0.1, -0.05) is 24.1 Å². The first kappa shape index (κ1) is 37.9. The van der Waals surface area contributed by atoms with E-state index in [1.807, 2.05) is 0 Å². The summed E-state index contributed by atoms with van der Waals surface area (Å²) in [5.74, 6) is -1.14. The monoisotopic (exact) mass is 622 g/mol. The minimum absolute atomic E-state index is 0.168. The molecule has 0 aliphatic heterocycles. The molecule has 0 spiro atoms. The molecule has 210 valence electrons. The second-order valence-corrected chi connectivity index (χ2v) is 14.0. The Balaban J connectivity index is 2.58. The van der Waals surface area contributed by atoms with Gasteiger partial charge in [0.05, 0.1) is 91.7 Å². The maximum absolute atomic E-state index is 13.3. The summed E-state index contributed by atoms with van der Waals surface area (Å²) < 4.78 is 90.7. The lowest BCUT2D eigenvalue weighted by molar-refractivity contribution is -0.134. The minimum Gasteiger partial charge on any atom is -0.326 e. The fourth-order valence-corrected chi connectivity index (χ4v) is 6.30. The van der Waals surface area contributed by atoms with E-state index in [0.29, 0.717) is 0 Å². The average molecular weight is 621 g/mol. The number of rotatable bonds is 12. The maximum Gasteiger partial charge on any atom is 0.389 e. The van der Waals surface area contributed by atoms with Crippen LogP contribution in [-0.2, 0) is 25.3 Å². The number of sulfone groups is 1. The lowest BCUT2D eigenvalue weighted by atomic mass is 9.09. The normalized spacial score (nSPS) is 13.6. The van der Waals surface area contributed by atoms with E-state index in [0.717, 1.165) is 48.7 Å². The van der Waals surface area contributed by atoms with Crippen molar-refractivity contribution in [3.05, 3.63) is 65.9 Å². The van der Waals surface area contributed by atoms with Crippen molar-refractivity contribution in [2.75, 3.05) is 11.0 Å². The van der Waals surface area contributed by atoms with Crippen molar-refractivity contribution < 1.29 is 34.8 Å². The summed E-state index contributed by atoms with van der Waals surface area (Å²) in [4.78, 5) is 12.1. The van der Waals surface area contributed by atoms with Gasteiger partial charge in [-0.25, -0.2) is 16.8 Å². The van der Waals surface area contributed by atoms with Crippen LogP contribution in [-0.4, -0.2) is 106 Å². The fraction of sp³-hybridized carbons (Fsp3) is 0.348. The first-order valence-electron chi connectivity index (χ1n) is 12.2. The van der Waals surface area contributed by atoms with Crippen molar-refractivity contribution in [1.29, 1.82) is 0 Å². The molecule has 0 fully saturated rings. The Morgan fingerprint density at radius 1 is 0.795 bits per heavy atom. The summed E-state index contributed by atoms with van der Waals surface area (Å²) in [5.41, 5.74) is -3.90. The minimum atomic E-state index is -4.58. The molecule has 18 radical (unpaired) electrons. The van der Waals surface area contributed by atoms with Crippen LogP contribution in [0.3, 0.4) is 0 Å². The second kappa shape index (κ2) is 12.5. The van der Waals surface area contributed by atoms with Crippen LogP contribution in [0.4, 0.5) is 18.9 Å². The standard InChI is InChI=1S/C23H18B9F3N2O5S2/c1-12(9-10-19(33,34)35)36-18(38)16-11-15(43(2,39)40)7-8-17(16)37-44(41,42)14-5-3-13(4-6-14)20(21(24,25)26,22(27,28)29)23(30,31)32/h3-8,11,37H,1,9-10H2,2H3,(H,36,38). The highest BCUT2D eigenvalue weighted by atomic mass is 32.2. The summed E-state index contributed by atoms with van der Waals surface area (Å²) in [6.07, 6.45) is -5.70. The molecule has 2 aromatic carbocycles. The van der Waals surface area contributed by atoms with Crippen LogP contribution >= 0.6 is 0 Å². The molecule has 21 heteroatoms. The zero-order chi connectivity index (χ0) is 34.3. The van der Waals surface area contributed by atoms with Gasteiger partial charge in [0, 0.05) is 18.4 Å². The SMILES string of the molecule is [B]C([B])([B])C(c1ccc(S(=O)(=O)Nc2ccc(S(C)(=O)=O)cc2C(=O)NC(=C)CCC(F)(F)F)cc1)(C([B])([B])[B])C([B])([B])[B]. The molecule has 0 aliphatic rings. The quantitative estimate of drug-likeness (QED) is 0.335. The number of hydrogen-bond donors (Lipinski definition) is 2. The maximum atomic E-state index is 13.3. The van der Waals surface area contributed by atoms with Gasteiger partial charge in [0.2, 0.25) is 0 Å². The molecule has 1 amide bonds. The van der Waals surface area contributed by atoms with E-state index in [9.17, 15) is 34.8 Å². The Bertz CT molecular complexity index is 1600. The first-order chi connectivity index (χ1) is 19.5. The molecule has 0 aromatic heterocycles. The van der Waals surface area contributed by atoms with E-state index in [1.165, 1.54) is 0 Å². The van der Waals surface area contributed by atoms with E-state index < -0.39 is 81.7 Å². The molecule has 0 saturated heterocycles. The topological polar surface area (TPSA) is 109 Å². The molecule has 2 rings (SSSR count). The molecular weight excluding hydrogens is 603 g/mol. The van der Waals surface area contributed by atoms with Crippen molar-refractivity contribution in [2.45, 2.75) is 49.6 Å². The number of carbonyl (C=O) groups is 1. The van der Waals surface area contributed by atoms with E-state index in [-0.39, 0.29) is 16.2 Å². The van der Waals surface area contributed by atoms with Crippen molar-refractivity contribution in [1.82, 2.24) is 5.32 Å². The summed E-state index contributed by atoms with van der Waals surface area (Å²) in [5, 5.41) is -5.32. The molecule has 2 aromatic rings.